The maximum atomic E-state index is 12.4. The van der Waals surface area contributed by atoms with Gasteiger partial charge in [-0.3, -0.25) is 9.59 Å². The summed E-state index contributed by atoms with van der Waals surface area (Å²) in [6.07, 6.45) is 1.01. The van der Waals surface area contributed by atoms with E-state index >= 15 is 0 Å². The number of nitrogens with one attached hydrogen (secondary N) is 2. The zero-order valence-electron chi connectivity index (χ0n) is 15.5. The van der Waals surface area contributed by atoms with Crippen molar-refractivity contribution in [2.75, 3.05) is 10.6 Å². The van der Waals surface area contributed by atoms with Crippen molar-refractivity contribution < 1.29 is 19.5 Å². The first-order valence-corrected chi connectivity index (χ1v) is 10.0. The van der Waals surface area contributed by atoms with Crippen molar-refractivity contribution >= 4 is 64.1 Å². The van der Waals surface area contributed by atoms with Crippen LogP contribution in [0.15, 0.2) is 59.0 Å². The maximum Gasteiger partial charge on any atom is 0.331 e. The van der Waals surface area contributed by atoms with Gasteiger partial charge in [0, 0.05) is 38.0 Å². The molecule has 29 heavy (non-hydrogen) atoms. The Balaban J connectivity index is 1.94. The molecule has 2 aromatic carbocycles. The molecule has 9 heteroatoms. The quantitative estimate of drug-likeness (QED) is 0.401. The van der Waals surface area contributed by atoms with E-state index < -0.39 is 17.1 Å². The Labute approximate surface area is 182 Å². The van der Waals surface area contributed by atoms with E-state index in [1.807, 2.05) is 0 Å². The van der Waals surface area contributed by atoms with Crippen LogP contribution in [0.3, 0.4) is 0 Å². The first-order chi connectivity index (χ1) is 13.6. The van der Waals surface area contributed by atoms with Gasteiger partial charge in [0.05, 0.1) is 5.25 Å². The van der Waals surface area contributed by atoms with Crippen molar-refractivity contribution in [3.05, 3.63) is 64.2 Å². The van der Waals surface area contributed by atoms with Gasteiger partial charge in [-0.05, 0) is 56.3 Å². The predicted molar refractivity (Wildman–Crippen MR) is 117 cm³/mol. The number of anilines is 2. The monoisotopic (exact) mass is 452 g/mol. The summed E-state index contributed by atoms with van der Waals surface area (Å²) in [5, 5.41) is 14.6. The highest BCUT2D eigenvalue weighted by molar-refractivity contribution is 8.00. The fourth-order valence-electron chi connectivity index (χ4n) is 2.18. The normalized spacial score (nSPS) is 12.2. The first kappa shape index (κ1) is 22.8. The second-order valence-electron chi connectivity index (χ2n) is 6.05. The van der Waals surface area contributed by atoms with Crippen molar-refractivity contribution in [2.45, 2.75) is 24.0 Å². The van der Waals surface area contributed by atoms with Crippen LogP contribution < -0.4 is 10.6 Å². The summed E-state index contributed by atoms with van der Waals surface area (Å²) in [6.45, 7) is 3.10. The van der Waals surface area contributed by atoms with E-state index in [-0.39, 0.29) is 11.5 Å². The Kier molecular flexibility index (Phi) is 8.13. The van der Waals surface area contributed by atoms with Crippen LogP contribution in [0.2, 0.25) is 10.0 Å². The number of amides is 2. The molecule has 0 bridgehead atoms. The molecule has 0 saturated heterocycles. The standard InChI is InChI=1S/C20H18Cl2N2O4S/c1-11(20(27)28)7-18(25)23-15-3-5-17(6-4-15)29-12(2)19(26)24-16-9-13(21)8-14(22)10-16/h3-10,12H,1-2H3,(H,23,25)(H,24,26)(H,27,28)/b11-7-/t12-/m0/s1. The second kappa shape index (κ2) is 10.3. The van der Waals surface area contributed by atoms with E-state index in [0.717, 1.165) is 11.0 Å². The zero-order chi connectivity index (χ0) is 21.6. The van der Waals surface area contributed by atoms with Crippen LogP contribution >= 0.6 is 35.0 Å². The molecule has 0 spiro atoms. The molecule has 2 aromatic rings. The Morgan fingerprint density at radius 2 is 1.59 bits per heavy atom. The molecule has 0 fully saturated rings. The summed E-state index contributed by atoms with van der Waals surface area (Å²) in [5.41, 5.74) is 0.970. The SMILES string of the molecule is C/C(=C/C(=O)Nc1ccc(S[C@@H](C)C(=O)Nc2cc(Cl)cc(Cl)c2)cc1)C(=O)O. The van der Waals surface area contributed by atoms with Gasteiger partial charge >= 0.3 is 5.97 Å². The first-order valence-electron chi connectivity index (χ1n) is 8.40. The predicted octanol–water partition coefficient (Wildman–Crippen LogP) is 5.08. The average Bonchev–Trinajstić information content (AvgIpc) is 2.62. The number of aliphatic carboxylic acids is 1. The van der Waals surface area contributed by atoms with E-state index in [4.69, 9.17) is 28.3 Å². The topological polar surface area (TPSA) is 95.5 Å². The lowest BCUT2D eigenvalue weighted by Gasteiger charge is -2.13. The van der Waals surface area contributed by atoms with E-state index in [9.17, 15) is 14.4 Å². The average molecular weight is 453 g/mol. The molecule has 0 heterocycles. The van der Waals surface area contributed by atoms with Crippen LogP contribution in [-0.4, -0.2) is 28.1 Å². The van der Waals surface area contributed by atoms with Gasteiger partial charge in [0.15, 0.2) is 0 Å². The van der Waals surface area contributed by atoms with Crippen LogP contribution in [-0.2, 0) is 14.4 Å². The lowest BCUT2D eigenvalue weighted by Crippen LogP contribution is -2.22. The Morgan fingerprint density at radius 1 is 1.00 bits per heavy atom. The van der Waals surface area contributed by atoms with Gasteiger partial charge in [-0.2, -0.15) is 0 Å². The van der Waals surface area contributed by atoms with Gasteiger partial charge in [0.2, 0.25) is 11.8 Å². The summed E-state index contributed by atoms with van der Waals surface area (Å²) in [4.78, 5) is 35.7. The molecule has 0 aliphatic rings. The highest BCUT2D eigenvalue weighted by Crippen LogP contribution is 2.27. The minimum absolute atomic E-state index is 0.0597. The number of hydrogen-bond donors (Lipinski definition) is 3. The maximum absolute atomic E-state index is 12.4. The van der Waals surface area contributed by atoms with Crippen molar-refractivity contribution in [1.29, 1.82) is 0 Å². The number of rotatable bonds is 7. The van der Waals surface area contributed by atoms with Crippen LogP contribution in [0.5, 0.6) is 0 Å². The highest BCUT2D eigenvalue weighted by atomic mass is 35.5. The lowest BCUT2D eigenvalue weighted by atomic mass is 10.2. The second-order valence-corrected chi connectivity index (χ2v) is 8.34. The fourth-order valence-corrected chi connectivity index (χ4v) is 3.57. The number of benzene rings is 2. The summed E-state index contributed by atoms with van der Waals surface area (Å²) in [7, 11) is 0. The van der Waals surface area contributed by atoms with E-state index in [2.05, 4.69) is 10.6 Å². The van der Waals surface area contributed by atoms with Crippen LogP contribution in [0.4, 0.5) is 11.4 Å². The summed E-state index contributed by atoms with van der Waals surface area (Å²) >= 11 is 13.2. The third-order valence-electron chi connectivity index (χ3n) is 3.62. The van der Waals surface area contributed by atoms with E-state index in [1.165, 1.54) is 18.7 Å². The van der Waals surface area contributed by atoms with Crippen molar-refractivity contribution in [3.8, 4) is 0 Å². The largest absolute Gasteiger partial charge is 0.478 e. The van der Waals surface area contributed by atoms with Crippen molar-refractivity contribution in [2.24, 2.45) is 0 Å². The van der Waals surface area contributed by atoms with Crippen molar-refractivity contribution in [1.82, 2.24) is 0 Å². The molecule has 2 rings (SSSR count). The Hall–Kier alpha value is -2.48. The molecule has 0 radical (unpaired) electrons. The van der Waals surface area contributed by atoms with Crippen LogP contribution in [0.25, 0.3) is 0 Å². The molecule has 3 N–H and O–H groups in total. The summed E-state index contributed by atoms with van der Waals surface area (Å²) in [6, 6.07) is 11.7. The minimum Gasteiger partial charge on any atom is -0.478 e. The highest BCUT2D eigenvalue weighted by Gasteiger charge is 2.15. The zero-order valence-corrected chi connectivity index (χ0v) is 17.9. The van der Waals surface area contributed by atoms with Gasteiger partial charge in [0.1, 0.15) is 0 Å². The number of carbonyl (C=O) groups is 3. The van der Waals surface area contributed by atoms with Gasteiger partial charge < -0.3 is 15.7 Å². The van der Waals surface area contributed by atoms with Crippen molar-refractivity contribution in [3.63, 3.8) is 0 Å². The number of thioether (sulfide) groups is 1. The van der Waals surface area contributed by atoms with Gasteiger partial charge in [0.25, 0.3) is 0 Å². The Morgan fingerprint density at radius 3 is 2.14 bits per heavy atom. The smallest absolute Gasteiger partial charge is 0.331 e. The summed E-state index contributed by atoms with van der Waals surface area (Å²) in [5.74, 6) is -1.89. The van der Waals surface area contributed by atoms with Gasteiger partial charge in [-0.25, -0.2) is 4.79 Å². The molecular formula is C20H18Cl2N2O4S. The number of carbonyl (C=O) groups excluding carboxylic acids is 2. The molecule has 0 aliphatic carbocycles. The summed E-state index contributed by atoms with van der Waals surface area (Å²) < 4.78 is 0. The number of carboxylic acid groups (broad SMARTS) is 1. The van der Waals surface area contributed by atoms with Crippen LogP contribution in [0.1, 0.15) is 13.8 Å². The third kappa shape index (κ3) is 7.45. The van der Waals surface area contributed by atoms with Gasteiger partial charge in [-0.15, -0.1) is 11.8 Å². The molecule has 0 aliphatic heterocycles. The van der Waals surface area contributed by atoms with E-state index in [1.54, 1.807) is 49.4 Å². The fraction of sp³-hybridized carbons (Fsp3) is 0.150. The molecule has 0 aromatic heterocycles. The molecular weight excluding hydrogens is 435 g/mol. The minimum atomic E-state index is -1.15. The number of hydrogen-bond acceptors (Lipinski definition) is 4. The Bertz CT molecular complexity index is 941. The molecule has 152 valence electrons. The molecule has 2 amide bonds. The van der Waals surface area contributed by atoms with Gasteiger partial charge in [-0.1, -0.05) is 23.2 Å². The van der Waals surface area contributed by atoms with Crippen LogP contribution in [0, 0.1) is 0 Å². The lowest BCUT2D eigenvalue weighted by molar-refractivity contribution is -0.132. The number of carboxylic acids is 1. The molecule has 1 atom stereocenters. The molecule has 0 saturated carbocycles. The number of halogens is 2. The third-order valence-corrected chi connectivity index (χ3v) is 5.17. The van der Waals surface area contributed by atoms with E-state index in [0.29, 0.717) is 21.4 Å². The molecule has 6 nitrogen and oxygen atoms in total. The molecule has 0 unspecified atom stereocenters.